The third-order valence-corrected chi connectivity index (χ3v) is 24.0. The summed E-state index contributed by atoms with van der Waals surface area (Å²) < 4.78 is 54.0. The molecule has 5 nitrogen and oxygen atoms in total. The van der Waals surface area contributed by atoms with Crippen molar-refractivity contribution in [3.8, 4) is 78.4 Å². The number of rotatable bonds is 10. The number of thiophene rings is 1. The number of benzene rings is 15. The molecule has 0 unspecified atom stereocenters. The van der Waals surface area contributed by atoms with Crippen molar-refractivity contribution in [3.05, 3.63) is 363 Å². The highest BCUT2D eigenvalue weighted by Crippen LogP contribution is 2.53. The van der Waals surface area contributed by atoms with E-state index in [1.54, 1.807) is 0 Å². The highest BCUT2D eigenvalue weighted by molar-refractivity contribution is 7.26. The minimum Gasteiger partial charge on any atom is -0.311 e. The summed E-state index contributed by atoms with van der Waals surface area (Å²) in [5, 5.41) is 6.97. The summed E-state index contributed by atoms with van der Waals surface area (Å²) in [4.78, 5) is 11.1. The SMILES string of the molecule is [2H]c1c([2H])c([2H])c(-c2ccc3c(c2)B2c4cc(-c5cc(-n6c7ccccc7c7ccccc76)cc(-n6c7ccccc7c7ccc8sc9ccccc9c8c76)n5)ccc4N(c4ccccc4-c4ccccc4)c4cc(-c5cc(C(C)(C)C)cc(C(C)(C)C)c5)cc(c42)N3c2cc(-c3ccccc3)ccc2-c2ccccc2)c([2H])c1[2H]. The predicted octanol–water partition coefficient (Wildman–Crippen LogP) is 26.3. The van der Waals surface area contributed by atoms with E-state index in [4.69, 9.17) is 6.35 Å². The van der Waals surface area contributed by atoms with Crippen LogP contribution in [0.5, 0.6) is 0 Å². The molecule has 0 radical (unpaired) electrons. The summed E-state index contributed by atoms with van der Waals surface area (Å²) in [5.41, 5.74) is 26.5. The van der Waals surface area contributed by atoms with Crippen LogP contribution in [0.1, 0.15) is 59.5 Å². The topological polar surface area (TPSA) is 29.2 Å². The number of para-hydroxylation sites is 4. The van der Waals surface area contributed by atoms with Gasteiger partial charge < -0.3 is 14.4 Å². The Bertz CT molecular complexity index is 7160. The number of anilines is 6. The minimum absolute atomic E-state index is 0.130. The molecule has 21 rings (SSSR count). The second-order valence-corrected chi connectivity index (χ2v) is 32.5. The van der Waals surface area contributed by atoms with E-state index in [9.17, 15) is 5.48 Å². The lowest BCUT2D eigenvalue weighted by molar-refractivity contribution is 0.569. The van der Waals surface area contributed by atoms with Gasteiger partial charge in [0.15, 0.2) is 0 Å². The van der Waals surface area contributed by atoms with Crippen LogP contribution in [0.2, 0.25) is 0 Å². The van der Waals surface area contributed by atoms with E-state index in [-0.39, 0.29) is 28.5 Å². The fraction of sp³-hybridized carbons (Fsp3) is 0.0777. The first-order chi connectivity index (χ1) is 55.9. The van der Waals surface area contributed by atoms with Gasteiger partial charge in [-0.15, -0.1) is 11.3 Å². The molecule has 0 bridgehead atoms. The van der Waals surface area contributed by atoms with E-state index in [0.717, 1.165) is 161 Å². The molecule has 0 spiro atoms. The molecular weight excluding hydrogens is 1350 g/mol. The molecule has 0 fully saturated rings. The molecule has 0 saturated carbocycles. The molecule has 7 heteroatoms. The van der Waals surface area contributed by atoms with Crippen LogP contribution in [-0.4, -0.2) is 20.8 Å². The Morgan fingerprint density at radius 2 is 0.818 bits per heavy atom. The zero-order valence-corrected chi connectivity index (χ0v) is 62.6. The summed E-state index contributed by atoms with van der Waals surface area (Å²) in [5.74, 6) is 0.763. The highest BCUT2D eigenvalue weighted by atomic mass is 32.1. The predicted molar refractivity (Wildman–Crippen MR) is 470 cm³/mol. The molecule has 0 aliphatic carbocycles. The zero-order chi connectivity index (χ0) is 78.0. The molecule has 0 N–H and O–H groups in total. The second-order valence-electron chi connectivity index (χ2n) is 31.4. The quantitative estimate of drug-likeness (QED) is 0.128. The molecule has 110 heavy (non-hydrogen) atoms. The van der Waals surface area contributed by atoms with Crippen molar-refractivity contribution < 1.29 is 6.85 Å². The third-order valence-electron chi connectivity index (χ3n) is 22.8. The molecule has 522 valence electrons. The van der Waals surface area contributed by atoms with Gasteiger partial charge in [-0.3, -0.25) is 4.57 Å². The van der Waals surface area contributed by atoms with Crippen molar-refractivity contribution in [2.24, 2.45) is 0 Å². The van der Waals surface area contributed by atoms with Crippen LogP contribution in [0.4, 0.5) is 34.1 Å². The zero-order valence-electron chi connectivity index (χ0n) is 66.8. The van der Waals surface area contributed by atoms with Gasteiger partial charge in [0.2, 0.25) is 0 Å². The smallest absolute Gasteiger partial charge is 0.252 e. The van der Waals surface area contributed by atoms with Crippen LogP contribution in [0, 0.1) is 0 Å². The van der Waals surface area contributed by atoms with E-state index < -0.39 is 24.8 Å². The van der Waals surface area contributed by atoms with Gasteiger partial charge in [0.1, 0.15) is 5.82 Å². The Labute approximate surface area is 652 Å². The van der Waals surface area contributed by atoms with E-state index in [0.29, 0.717) is 5.56 Å². The van der Waals surface area contributed by atoms with Crippen molar-refractivity contribution in [1.29, 1.82) is 0 Å². The van der Waals surface area contributed by atoms with Gasteiger partial charge in [0.05, 0.1) is 51.7 Å². The van der Waals surface area contributed by atoms with Crippen molar-refractivity contribution in [1.82, 2.24) is 14.1 Å². The van der Waals surface area contributed by atoms with E-state index >= 15 is 0 Å². The summed E-state index contributed by atoms with van der Waals surface area (Å²) in [6, 6.07) is 115. The molecule has 2 aliphatic heterocycles. The summed E-state index contributed by atoms with van der Waals surface area (Å²) in [6.07, 6.45) is 0. The maximum Gasteiger partial charge on any atom is 0.252 e. The van der Waals surface area contributed by atoms with Crippen LogP contribution in [0.15, 0.2) is 352 Å². The number of fused-ring (bicyclic) bond motifs is 14. The lowest BCUT2D eigenvalue weighted by atomic mass is 9.33. The Hall–Kier alpha value is -13.1. The lowest BCUT2D eigenvalue weighted by Gasteiger charge is -2.45. The first-order valence-corrected chi connectivity index (χ1v) is 38.8. The molecule has 4 aromatic heterocycles. The lowest BCUT2D eigenvalue weighted by Crippen LogP contribution is -2.61. The average Bonchev–Trinajstić information content (AvgIpc) is 1.55. The standard InChI is InChI=1S/C103H76BN5S/c1-102(2,3)74-55-72(56-75(62-74)103(4,5)6)73-60-94-100-95(61-73)108(93-59-70(66-31-13-8-14-32-66)47-50-78(93)68-35-17-10-18-36-68)92-52-48-69(65-29-11-7-12-30-65)57-84(92)104(100)85-58-71(49-53-91(85)107(94)87-42-24-19-37-77(87)67-33-15-9-16-34-67)86-63-76(106-88-43-25-20-38-79(88)80-39-21-26-44-89(80)106)64-98(105-86)109-90-45-27-22-40-81(90)82-51-54-97-99(101(82)109)83-41-23-28-46-96(83)110-97/h7-64H,1-6H3/i7D,11D,12D,29D,30D. The number of hydrogen-bond donors (Lipinski definition) is 0. The number of nitrogens with zero attached hydrogens (tertiary/aromatic N) is 5. The van der Waals surface area contributed by atoms with Gasteiger partial charge in [-0.1, -0.05) is 314 Å². The molecule has 19 aromatic rings. The fourth-order valence-corrected chi connectivity index (χ4v) is 18.7. The van der Waals surface area contributed by atoms with E-state index in [1.807, 2.05) is 17.4 Å². The first kappa shape index (κ1) is 60.0. The monoisotopic (exact) mass is 1430 g/mol. The van der Waals surface area contributed by atoms with Gasteiger partial charge in [0.25, 0.3) is 6.71 Å². The van der Waals surface area contributed by atoms with Crippen molar-refractivity contribution in [2.45, 2.75) is 52.4 Å². The summed E-state index contributed by atoms with van der Waals surface area (Å²) in [7, 11) is 0. The molecule has 15 aromatic carbocycles. The Morgan fingerprint density at radius 3 is 1.45 bits per heavy atom. The average molecular weight is 1430 g/mol. The van der Waals surface area contributed by atoms with Gasteiger partial charge in [0, 0.05) is 81.7 Å². The van der Waals surface area contributed by atoms with Crippen LogP contribution in [-0.2, 0) is 10.8 Å². The third kappa shape index (κ3) is 10.5. The number of pyridine rings is 1. The van der Waals surface area contributed by atoms with Crippen molar-refractivity contribution in [3.63, 3.8) is 0 Å². The summed E-state index contributed by atoms with van der Waals surface area (Å²) >= 11 is 1.82. The molecule has 6 heterocycles. The largest absolute Gasteiger partial charge is 0.311 e. The van der Waals surface area contributed by atoms with Crippen LogP contribution in [0.25, 0.3) is 142 Å². The maximum atomic E-state index is 9.72. The Morgan fingerprint density at radius 1 is 0.327 bits per heavy atom. The molecular formula is C103H76BN5S. The molecule has 0 amide bonds. The van der Waals surface area contributed by atoms with Gasteiger partial charge in [-0.05, 0) is 161 Å². The van der Waals surface area contributed by atoms with Crippen molar-refractivity contribution in [2.75, 3.05) is 9.80 Å². The molecule has 2 aliphatic rings. The first-order valence-electron chi connectivity index (χ1n) is 40.4. The Balaban J connectivity index is 0.916. The maximum absolute atomic E-state index is 9.72. The van der Waals surface area contributed by atoms with E-state index in [2.05, 4.69) is 376 Å². The van der Waals surface area contributed by atoms with Crippen LogP contribution >= 0.6 is 11.3 Å². The van der Waals surface area contributed by atoms with E-state index in [1.165, 1.54) is 31.3 Å². The van der Waals surface area contributed by atoms with Gasteiger partial charge in [-0.2, -0.15) is 0 Å². The number of aromatic nitrogens is 3. The fourth-order valence-electron chi connectivity index (χ4n) is 17.6. The molecule has 0 atom stereocenters. The minimum atomic E-state index is -0.578. The Kier molecular flexibility index (Phi) is 13.8. The van der Waals surface area contributed by atoms with Crippen LogP contribution < -0.4 is 26.2 Å². The highest BCUT2D eigenvalue weighted by Gasteiger charge is 2.45. The van der Waals surface area contributed by atoms with Crippen LogP contribution in [0.3, 0.4) is 0 Å². The van der Waals surface area contributed by atoms with Crippen molar-refractivity contribution >= 4 is 132 Å². The molecule has 0 saturated heterocycles. The normalized spacial score (nSPS) is 13.4. The number of hydrogen-bond acceptors (Lipinski definition) is 4. The second kappa shape index (κ2) is 25.3. The van der Waals surface area contributed by atoms with Gasteiger partial charge >= 0.3 is 0 Å². The van der Waals surface area contributed by atoms with Gasteiger partial charge in [-0.25, -0.2) is 4.98 Å². The summed E-state index contributed by atoms with van der Waals surface area (Å²) in [6.45, 7) is 13.3.